The van der Waals surface area contributed by atoms with Crippen molar-refractivity contribution >= 4 is 62.8 Å². The van der Waals surface area contributed by atoms with Crippen LogP contribution >= 0.6 is 39.3 Å². The molecule has 0 spiro atoms. The molecule has 0 unspecified atom stereocenters. The van der Waals surface area contributed by atoms with Gasteiger partial charge >= 0.3 is 5.97 Å². The number of nitrogens with one attached hydrogen (secondary N) is 2. The Morgan fingerprint density at radius 2 is 2.00 bits per heavy atom. The van der Waals surface area contributed by atoms with Gasteiger partial charge in [0, 0.05) is 21.1 Å². The minimum absolute atomic E-state index is 0.0580. The zero-order chi connectivity index (χ0) is 23.3. The smallest absolute Gasteiger partial charge is 0.319 e. The van der Waals surface area contributed by atoms with E-state index < -0.39 is 23.7 Å². The Labute approximate surface area is 202 Å². The third-order valence-corrected chi connectivity index (χ3v) is 6.43. The Morgan fingerprint density at radius 3 is 2.62 bits per heavy atom. The second-order valence-electron chi connectivity index (χ2n) is 6.72. The lowest BCUT2D eigenvalue weighted by atomic mass is 9.78. The fraction of sp³-hybridized carbons (Fsp3) is 0.182. The van der Waals surface area contributed by atoms with Crippen LogP contribution in [0.2, 0.25) is 5.02 Å². The molecule has 2 aromatic rings. The highest BCUT2D eigenvalue weighted by molar-refractivity contribution is 9.10. The fourth-order valence-corrected chi connectivity index (χ4v) is 4.64. The zero-order valence-corrected chi connectivity index (χ0v) is 19.9. The number of nitriles is 1. The molecular formula is C22H17BrClN3O4S. The molecular weight excluding hydrogens is 518 g/mol. The van der Waals surface area contributed by atoms with Crippen molar-refractivity contribution in [2.75, 3.05) is 18.2 Å². The number of amides is 2. The normalized spacial score (nSPS) is 17.9. The lowest BCUT2D eigenvalue weighted by Crippen LogP contribution is -2.44. The molecule has 0 fully saturated rings. The second kappa shape index (κ2) is 10.7. The Balaban J connectivity index is 1.88. The molecule has 2 aromatic carbocycles. The van der Waals surface area contributed by atoms with Crippen LogP contribution in [0.15, 0.2) is 63.6 Å². The van der Waals surface area contributed by atoms with E-state index in [4.69, 9.17) is 16.3 Å². The van der Waals surface area contributed by atoms with Crippen molar-refractivity contribution < 1.29 is 19.1 Å². The molecule has 10 heteroatoms. The molecule has 2 amide bonds. The van der Waals surface area contributed by atoms with Crippen LogP contribution in [0, 0.1) is 17.2 Å². The number of thioether (sulfide) groups is 1. The number of rotatable bonds is 6. The van der Waals surface area contributed by atoms with Crippen LogP contribution in [0.1, 0.15) is 11.5 Å². The van der Waals surface area contributed by atoms with Crippen molar-refractivity contribution in [3.63, 3.8) is 0 Å². The summed E-state index contributed by atoms with van der Waals surface area (Å²) in [5.41, 5.74) is 1.35. The summed E-state index contributed by atoms with van der Waals surface area (Å²) in [7, 11) is 1.19. The van der Waals surface area contributed by atoms with E-state index in [2.05, 4.69) is 32.6 Å². The van der Waals surface area contributed by atoms with Gasteiger partial charge in [-0.3, -0.25) is 14.4 Å². The number of benzene rings is 2. The predicted octanol–water partition coefficient (Wildman–Crippen LogP) is 4.21. The van der Waals surface area contributed by atoms with Gasteiger partial charge in [-0.1, -0.05) is 51.4 Å². The van der Waals surface area contributed by atoms with E-state index in [-0.39, 0.29) is 22.3 Å². The van der Waals surface area contributed by atoms with Gasteiger partial charge in [0.2, 0.25) is 11.8 Å². The van der Waals surface area contributed by atoms with Gasteiger partial charge in [-0.05, 0) is 42.0 Å². The molecule has 1 heterocycles. The summed E-state index contributed by atoms with van der Waals surface area (Å²) in [6.07, 6.45) is 0. The van der Waals surface area contributed by atoms with Gasteiger partial charge in [-0.2, -0.15) is 5.26 Å². The number of hydrogen-bond donors (Lipinski definition) is 2. The lowest BCUT2D eigenvalue weighted by molar-refractivity contribution is -0.150. The van der Waals surface area contributed by atoms with E-state index >= 15 is 0 Å². The number of ether oxygens (including phenoxy) is 1. The molecule has 2 atom stereocenters. The number of carbonyl (C=O) groups is 3. The maximum absolute atomic E-state index is 12.8. The monoisotopic (exact) mass is 533 g/mol. The molecule has 0 bridgehead atoms. The minimum Gasteiger partial charge on any atom is -0.468 e. The van der Waals surface area contributed by atoms with Crippen LogP contribution in [0.4, 0.5) is 5.69 Å². The molecule has 7 nitrogen and oxygen atoms in total. The van der Waals surface area contributed by atoms with Crippen molar-refractivity contribution in [3.05, 3.63) is 74.2 Å². The highest BCUT2D eigenvalue weighted by Gasteiger charge is 2.44. The number of carbonyl (C=O) groups excluding carboxylic acids is 3. The number of esters is 1. The van der Waals surface area contributed by atoms with E-state index in [0.717, 1.165) is 16.2 Å². The lowest BCUT2D eigenvalue weighted by Gasteiger charge is -2.31. The molecule has 0 aromatic heterocycles. The Hall–Kier alpha value is -2.80. The summed E-state index contributed by atoms with van der Waals surface area (Å²) in [6.45, 7) is 0. The molecule has 0 saturated heterocycles. The number of hydrogen-bond acceptors (Lipinski definition) is 6. The summed E-state index contributed by atoms with van der Waals surface area (Å²) in [5.74, 6) is -3.80. The molecule has 164 valence electrons. The van der Waals surface area contributed by atoms with E-state index in [1.807, 2.05) is 0 Å². The topological polar surface area (TPSA) is 108 Å². The summed E-state index contributed by atoms with van der Waals surface area (Å²) in [6, 6.07) is 15.8. The summed E-state index contributed by atoms with van der Waals surface area (Å²) < 4.78 is 5.55. The molecule has 0 radical (unpaired) electrons. The minimum atomic E-state index is -1.23. The van der Waals surface area contributed by atoms with E-state index in [1.165, 1.54) is 7.11 Å². The number of anilines is 1. The first-order valence-electron chi connectivity index (χ1n) is 9.30. The second-order valence-corrected chi connectivity index (χ2v) is 9.06. The Morgan fingerprint density at radius 1 is 1.28 bits per heavy atom. The largest absolute Gasteiger partial charge is 0.468 e. The maximum atomic E-state index is 12.8. The van der Waals surface area contributed by atoms with Gasteiger partial charge in [0.25, 0.3) is 0 Å². The molecule has 3 rings (SSSR count). The average Bonchev–Trinajstić information content (AvgIpc) is 2.78. The highest BCUT2D eigenvalue weighted by Crippen LogP contribution is 2.40. The molecule has 2 N–H and O–H groups in total. The molecule has 0 aliphatic carbocycles. The maximum Gasteiger partial charge on any atom is 0.319 e. The average molecular weight is 535 g/mol. The van der Waals surface area contributed by atoms with E-state index in [0.29, 0.717) is 16.3 Å². The third-order valence-electron chi connectivity index (χ3n) is 4.67. The standard InChI is InChI=1S/C22H17BrClN3O4S/c1-31-22(30)19-18(12-3-2-4-13(23)9-12)16(10-25)21(27-20(19)29)32-11-17(28)26-15-7-5-14(24)6-8-15/h2-9,18-19H,11H2,1H3,(H,26,28)(H,27,29)/t18-,19-/m0/s1. The number of halogens is 2. The van der Waals surface area contributed by atoms with Crippen molar-refractivity contribution in [1.29, 1.82) is 5.26 Å². The first-order valence-corrected chi connectivity index (χ1v) is 11.5. The summed E-state index contributed by atoms with van der Waals surface area (Å²) >= 11 is 10.2. The predicted molar refractivity (Wildman–Crippen MR) is 126 cm³/mol. The van der Waals surface area contributed by atoms with Crippen LogP contribution in [0.5, 0.6) is 0 Å². The first kappa shape index (κ1) is 23.9. The van der Waals surface area contributed by atoms with Crippen LogP contribution in [0.3, 0.4) is 0 Å². The highest BCUT2D eigenvalue weighted by atomic mass is 79.9. The van der Waals surface area contributed by atoms with Crippen molar-refractivity contribution in [2.24, 2.45) is 5.92 Å². The third kappa shape index (κ3) is 5.51. The SMILES string of the molecule is COC(=O)[C@@H]1C(=O)NC(SCC(=O)Nc2ccc(Cl)cc2)=C(C#N)[C@@H]1c1cccc(Br)c1. The van der Waals surface area contributed by atoms with Crippen LogP contribution in [-0.4, -0.2) is 30.6 Å². The Bertz CT molecular complexity index is 1130. The molecule has 1 aliphatic heterocycles. The quantitative estimate of drug-likeness (QED) is 0.425. The number of methoxy groups -OCH3 is 1. The summed E-state index contributed by atoms with van der Waals surface area (Å²) in [4.78, 5) is 37.6. The van der Waals surface area contributed by atoms with Gasteiger partial charge in [-0.15, -0.1) is 0 Å². The van der Waals surface area contributed by atoms with E-state index in [1.54, 1.807) is 48.5 Å². The van der Waals surface area contributed by atoms with Crippen LogP contribution < -0.4 is 10.6 Å². The van der Waals surface area contributed by atoms with Gasteiger partial charge in [0.1, 0.15) is 5.92 Å². The van der Waals surface area contributed by atoms with E-state index in [9.17, 15) is 19.6 Å². The van der Waals surface area contributed by atoms with Crippen LogP contribution in [0.25, 0.3) is 0 Å². The van der Waals surface area contributed by atoms with Gasteiger partial charge in [0.05, 0.1) is 29.5 Å². The number of allylic oxidation sites excluding steroid dienone is 1. The van der Waals surface area contributed by atoms with Crippen molar-refractivity contribution in [2.45, 2.75) is 5.92 Å². The molecule has 32 heavy (non-hydrogen) atoms. The van der Waals surface area contributed by atoms with Crippen LogP contribution in [-0.2, 0) is 19.1 Å². The van der Waals surface area contributed by atoms with Gasteiger partial charge < -0.3 is 15.4 Å². The zero-order valence-electron chi connectivity index (χ0n) is 16.7. The van der Waals surface area contributed by atoms with Crippen molar-refractivity contribution in [1.82, 2.24) is 5.32 Å². The molecule has 0 saturated carbocycles. The fourth-order valence-electron chi connectivity index (χ4n) is 3.25. The van der Waals surface area contributed by atoms with Gasteiger partial charge in [-0.25, -0.2) is 0 Å². The molecule has 1 aliphatic rings. The Kier molecular flexibility index (Phi) is 7.96. The van der Waals surface area contributed by atoms with Gasteiger partial charge in [0.15, 0.2) is 0 Å². The number of nitrogens with zero attached hydrogens (tertiary/aromatic N) is 1. The first-order chi connectivity index (χ1) is 15.3. The summed E-state index contributed by atoms with van der Waals surface area (Å²) in [5, 5.41) is 16.0. The van der Waals surface area contributed by atoms with Crippen molar-refractivity contribution in [3.8, 4) is 6.07 Å².